The molecular formula is C17H18F2N2O3. The van der Waals surface area contributed by atoms with Gasteiger partial charge in [0.05, 0.1) is 17.6 Å². The summed E-state index contributed by atoms with van der Waals surface area (Å²) in [5.74, 6) is -1.65. The number of hydrogen-bond acceptors (Lipinski definition) is 5. The van der Waals surface area contributed by atoms with Crippen LogP contribution in [0.2, 0.25) is 0 Å². The minimum atomic E-state index is -0.645. The molecule has 1 aliphatic carbocycles. The topological polar surface area (TPSA) is 65.7 Å². The van der Waals surface area contributed by atoms with Gasteiger partial charge < -0.3 is 14.6 Å². The van der Waals surface area contributed by atoms with Crippen LogP contribution in [-0.4, -0.2) is 48.0 Å². The maximum atomic E-state index is 13.8. The van der Waals surface area contributed by atoms with E-state index in [1.54, 1.807) is 0 Å². The van der Waals surface area contributed by atoms with Gasteiger partial charge in [0.15, 0.2) is 11.6 Å². The molecule has 1 saturated heterocycles. The predicted octanol–water partition coefficient (Wildman–Crippen LogP) is 1.84. The second-order valence-electron chi connectivity index (χ2n) is 6.97. The summed E-state index contributed by atoms with van der Waals surface area (Å²) in [6.45, 7) is 1.33. The van der Waals surface area contributed by atoms with Crippen molar-refractivity contribution < 1.29 is 23.4 Å². The average Bonchev–Trinajstić information content (AvgIpc) is 3.21. The van der Waals surface area contributed by atoms with Crippen molar-refractivity contribution in [1.82, 2.24) is 4.90 Å². The van der Waals surface area contributed by atoms with E-state index in [9.17, 15) is 13.9 Å². The van der Waals surface area contributed by atoms with Crippen LogP contribution in [0.25, 0.3) is 0 Å². The molecule has 0 radical (unpaired) electrons. The average molecular weight is 336 g/mol. The fourth-order valence-electron chi connectivity index (χ4n) is 3.56. The largest absolute Gasteiger partial charge is 0.478 e. The van der Waals surface area contributed by atoms with E-state index in [0.29, 0.717) is 26.1 Å². The molecule has 0 aromatic heterocycles. The highest BCUT2D eigenvalue weighted by atomic mass is 19.1. The molecule has 1 unspecified atom stereocenters. The molecule has 4 rings (SSSR count). The van der Waals surface area contributed by atoms with Crippen molar-refractivity contribution in [2.45, 2.75) is 37.6 Å². The van der Waals surface area contributed by atoms with Gasteiger partial charge in [-0.05, 0) is 31.4 Å². The summed E-state index contributed by atoms with van der Waals surface area (Å²) in [4.78, 5) is 1.95. The number of rotatable bonds is 4. The Morgan fingerprint density at radius 1 is 1.21 bits per heavy atom. The maximum absolute atomic E-state index is 13.8. The fourth-order valence-corrected chi connectivity index (χ4v) is 3.56. The van der Waals surface area contributed by atoms with E-state index >= 15 is 0 Å². The Balaban J connectivity index is 1.40. The molecule has 0 spiro atoms. The predicted molar refractivity (Wildman–Crippen MR) is 79.5 cm³/mol. The first-order valence-corrected chi connectivity index (χ1v) is 8.13. The molecule has 1 saturated carbocycles. The van der Waals surface area contributed by atoms with E-state index in [-0.39, 0.29) is 16.9 Å². The summed E-state index contributed by atoms with van der Waals surface area (Å²) in [7, 11) is 0. The van der Waals surface area contributed by atoms with E-state index in [0.717, 1.165) is 25.0 Å². The lowest BCUT2D eigenvalue weighted by Gasteiger charge is -2.28. The molecule has 2 fully saturated rings. The lowest BCUT2D eigenvalue weighted by atomic mass is 10.0. The summed E-state index contributed by atoms with van der Waals surface area (Å²) in [5, 5.41) is 19.3. The molecule has 1 aromatic carbocycles. The van der Waals surface area contributed by atoms with Gasteiger partial charge in [0, 0.05) is 19.6 Å². The zero-order valence-corrected chi connectivity index (χ0v) is 13.0. The van der Waals surface area contributed by atoms with Crippen LogP contribution in [0.5, 0.6) is 11.5 Å². The Morgan fingerprint density at radius 2 is 1.75 bits per heavy atom. The van der Waals surface area contributed by atoms with Gasteiger partial charge in [0.1, 0.15) is 12.2 Å². The van der Waals surface area contributed by atoms with Gasteiger partial charge in [-0.3, -0.25) is 4.90 Å². The van der Waals surface area contributed by atoms with Gasteiger partial charge >= 0.3 is 0 Å². The van der Waals surface area contributed by atoms with Crippen molar-refractivity contribution in [1.29, 1.82) is 5.26 Å². The molecule has 3 aliphatic rings. The second-order valence-corrected chi connectivity index (χ2v) is 6.97. The van der Waals surface area contributed by atoms with Crippen molar-refractivity contribution in [3.63, 3.8) is 0 Å². The van der Waals surface area contributed by atoms with Crippen LogP contribution in [0.1, 0.15) is 19.3 Å². The number of aliphatic hydroxyl groups excluding tert-OH is 1. The SMILES string of the molecule is N#CC1(CC(O)CN2C[C@@H]3Oc4c(F)ccc(F)c4O[C@@H]3C2)CC1. The summed E-state index contributed by atoms with van der Waals surface area (Å²) in [5.41, 5.74) is -0.360. The molecule has 5 nitrogen and oxygen atoms in total. The smallest absolute Gasteiger partial charge is 0.200 e. The molecule has 0 bridgehead atoms. The Kier molecular flexibility index (Phi) is 3.62. The van der Waals surface area contributed by atoms with Crippen LogP contribution < -0.4 is 9.47 Å². The van der Waals surface area contributed by atoms with Crippen LogP contribution in [0.4, 0.5) is 8.78 Å². The molecule has 1 N–H and O–H groups in total. The molecule has 3 atom stereocenters. The molecule has 2 heterocycles. The Hall–Kier alpha value is -1.91. The van der Waals surface area contributed by atoms with Crippen LogP contribution in [0.3, 0.4) is 0 Å². The van der Waals surface area contributed by atoms with E-state index in [2.05, 4.69) is 6.07 Å². The van der Waals surface area contributed by atoms with Crippen molar-refractivity contribution >= 4 is 0 Å². The Morgan fingerprint density at radius 3 is 2.21 bits per heavy atom. The minimum Gasteiger partial charge on any atom is -0.478 e. The third-order valence-corrected chi connectivity index (χ3v) is 5.03. The fraction of sp³-hybridized carbons (Fsp3) is 0.588. The highest BCUT2D eigenvalue weighted by molar-refractivity contribution is 5.44. The van der Waals surface area contributed by atoms with E-state index in [4.69, 9.17) is 14.7 Å². The number of hydrogen-bond donors (Lipinski definition) is 1. The third-order valence-electron chi connectivity index (χ3n) is 5.03. The third kappa shape index (κ3) is 2.70. The lowest BCUT2D eigenvalue weighted by Crippen LogP contribution is -2.39. The second kappa shape index (κ2) is 5.57. The van der Waals surface area contributed by atoms with Crippen molar-refractivity contribution in [2.24, 2.45) is 5.41 Å². The number of likely N-dealkylation sites (tertiary alicyclic amines) is 1. The number of ether oxygens (including phenoxy) is 2. The summed E-state index contributed by atoms with van der Waals surface area (Å²) < 4.78 is 38.8. The quantitative estimate of drug-likeness (QED) is 0.909. The lowest BCUT2D eigenvalue weighted by molar-refractivity contribution is 0.0467. The van der Waals surface area contributed by atoms with Crippen molar-refractivity contribution in [3.05, 3.63) is 23.8 Å². The molecule has 7 heteroatoms. The van der Waals surface area contributed by atoms with E-state index in [1.807, 2.05) is 4.90 Å². The first-order chi connectivity index (χ1) is 11.5. The summed E-state index contributed by atoms with van der Waals surface area (Å²) in [6, 6.07) is 4.31. The summed E-state index contributed by atoms with van der Waals surface area (Å²) >= 11 is 0. The first kappa shape index (κ1) is 15.6. The number of nitriles is 1. The highest BCUT2D eigenvalue weighted by Gasteiger charge is 2.46. The number of halogens is 2. The number of aliphatic hydroxyl groups is 1. The van der Waals surface area contributed by atoms with E-state index in [1.165, 1.54) is 0 Å². The van der Waals surface area contributed by atoms with E-state index < -0.39 is 29.9 Å². The maximum Gasteiger partial charge on any atom is 0.200 e. The van der Waals surface area contributed by atoms with Gasteiger partial charge in [-0.15, -0.1) is 0 Å². The molecule has 2 aliphatic heterocycles. The zero-order chi connectivity index (χ0) is 16.9. The highest BCUT2D eigenvalue weighted by Crippen LogP contribution is 2.49. The zero-order valence-electron chi connectivity index (χ0n) is 13.0. The normalized spacial score (nSPS) is 28.1. The Labute approximate surface area is 138 Å². The summed E-state index contributed by atoms with van der Waals surface area (Å²) in [6.07, 6.45) is 0.736. The Bertz CT molecular complexity index is 663. The van der Waals surface area contributed by atoms with Gasteiger partial charge in [-0.25, -0.2) is 8.78 Å². The van der Waals surface area contributed by atoms with Gasteiger partial charge in [-0.2, -0.15) is 5.26 Å². The molecular weight excluding hydrogens is 318 g/mol. The van der Waals surface area contributed by atoms with Crippen LogP contribution >= 0.6 is 0 Å². The van der Waals surface area contributed by atoms with Crippen molar-refractivity contribution in [3.8, 4) is 17.6 Å². The number of benzene rings is 1. The van der Waals surface area contributed by atoms with Crippen LogP contribution in [0, 0.1) is 28.4 Å². The standard InChI is InChI=1S/C17H18F2N2O3/c18-11-1-2-12(19)16-15(11)23-13-7-21(8-14(13)24-16)6-10(22)5-17(9-20)3-4-17/h1-2,10,13-14,22H,3-8H2/t10?,13-,14+. The van der Waals surface area contributed by atoms with Crippen molar-refractivity contribution in [2.75, 3.05) is 19.6 Å². The first-order valence-electron chi connectivity index (χ1n) is 8.13. The van der Waals surface area contributed by atoms with Gasteiger partial charge in [0.2, 0.25) is 11.5 Å². The number of β-amino-alcohol motifs (C(OH)–C–C–N with tert-alkyl or cyclic N) is 1. The molecule has 128 valence electrons. The van der Waals surface area contributed by atoms with Crippen LogP contribution in [-0.2, 0) is 0 Å². The number of nitrogens with zero attached hydrogens (tertiary/aromatic N) is 2. The number of fused-ring (bicyclic) bond motifs is 2. The molecule has 24 heavy (non-hydrogen) atoms. The minimum absolute atomic E-state index is 0.180. The molecule has 1 aromatic rings. The molecule has 0 amide bonds. The van der Waals surface area contributed by atoms with Gasteiger partial charge in [0.25, 0.3) is 0 Å². The van der Waals surface area contributed by atoms with Crippen LogP contribution in [0.15, 0.2) is 12.1 Å². The monoisotopic (exact) mass is 336 g/mol. The van der Waals surface area contributed by atoms with Gasteiger partial charge in [-0.1, -0.05) is 0 Å².